The molecule has 1 fully saturated rings. The fourth-order valence-electron chi connectivity index (χ4n) is 2.11. The van der Waals surface area contributed by atoms with Crippen LogP contribution in [0.1, 0.15) is 30.1 Å². The molecule has 1 saturated carbocycles. The molecule has 0 spiro atoms. The number of rotatable bonds is 3. The van der Waals surface area contributed by atoms with Crippen LogP contribution in [-0.4, -0.2) is 20.4 Å². The van der Waals surface area contributed by atoms with Crippen LogP contribution < -0.4 is 5.32 Å². The molecule has 1 aliphatic carbocycles. The minimum Gasteiger partial charge on any atom is -0.349 e. The maximum absolute atomic E-state index is 12.0. The van der Waals surface area contributed by atoms with Gasteiger partial charge >= 0.3 is 0 Å². The number of benzene rings is 1. The summed E-state index contributed by atoms with van der Waals surface area (Å²) in [6, 6.07) is 3.96. The van der Waals surface area contributed by atoms with Gasteiger partial charge in [-0.25, -0.2) is 8.42 Å². The van der Waals surface area contributed by atoms with Crippen molar-refractivity contribution in [3.8, 4) is 0 Å². The number of amides is 1. The van der Waals surface area contributed by atoms with Gasteiger partial charge in [0.25, 0.3) is 15.0 Å². The van der Waals surface area contributed by atoms with Gasteiger partial charge in [0.2, 0.25) is 0 Å². The Bertz CT molecular complexity index is 609. The second kappa shape index (κ2) is 5.31. The summed E-state index contributed by atoms with van der Waals surface area (Å²) in [5.74, 6) is 0.236. The monoisotopic (exact) mass is 321 g/mol. The molecule has 0 atom stereocenters. The Kier molecular flexibility index (Phi) is 4.08. The van der Waals surface area contributed by atoms with Gasteiger partial charge in [-0.15, -0.1) is 0 Å². The van der Waals surface area contributed by atoms with E-state index < -0.39 is 9.05 Å². The van der Waals surface area contributed by atoms with E-state index in [9.17, 15) is 13.2 Å². The van der Waals surface area contributed by atoms with Crippen LogP contribution in [0.2, 0.25) is 5.02 Å². The lowest BCUT2D eigenvalue weighted by Gasteiger charge is -2.33. The second-order valence-electron chi connectivity index (χ2n) is 4.83. The number of halogens is 2. The molecular formula is C12H13Cl2NO3S. The molecule has 1 aromatic carbocycles. The van der Waals surface area contributed by atoms with Gasteiger partial charge in [0.05, 0.1) is 15.5 Å². The fraction of sp³-hybridized carbons (Fsp3) is 0.417. The number of nitrogens with one attached hydrogen (secondary N) is 1. The zero-order chi connectivity index (χ0) is 14.2. The first-order chi connectivity index (χ1) is 8.77. The average Bonchev–Trinajstić information content (AvgIpc) is 2.25. The Labute approximate surface area is 121 Å². The van der Waals surface area contributed by atoms with Crippen molar-refractivity contribution in [1.82, 2.24) is 5.32 Å². The summed E-state index contributed by atoms with van der Waals surface area (Å²) in [6.45, 7) is 2.11. The third-order valence-electron chi connectivity index (χ3n) is 3.17. The van der Waals surface area contributed by atoms with E-state index in [1.54, 1.807) is 0 Å². The number of carbonyl (C=O) groups excluding carboxylic acids is 1. The van der Waals surface area contributed by atoms with Crippen LogP contribution in [0.3, 0.4) is 0 Å². The molecule has 1 aromatic rings. The molecule has 0 aliphatic heterocycles. The molecule has 2 rings (SSSR count). The van der Waals surface area contributed by atoms with Crippen LogP contribution in [-0.2, 0) is 9.05 Å². The quantitative estimate of drug-likeness (QED) is 0.871. The summed E-state index contributed by atoms with van der Waals surface area (Å²) in [5.41, 5.74) is 0.128. The molecule has 0 radical (unpaired) electrons. The average molecular weight is 322 g/mol. The molecular weight excluding hydrogens is 309 g/mol. The van der Waals surface area contributed by atoms with Crippen LogP contribution in [0.5, 0.6) is 0 Å². The summed E-state index contributed by atoms with van der Waals surface area (Å²) >= 11 is 5.92. The Balaban J connectivity index is 2.21. The standard InChI is InChI=1S/C12H13Cl2NO3S/c1-7-4-8(5-7)15-12(16)10-6-9(19(14,17)18)2-3-11(10)13/h2-3,6-8H,4-5H2,1H3,(H,15,16). The first kappa shape index (κ1) is 14.6. The summed E-state index contributed by atoms with van der Waals surface area (Å²) < 4.78 is 22.5. The zero-order valence-electron chi connectivity index (χ0n) is 10.2. The molecule has 1 amide bonds. The van der Waals surface area contributed by atoms with Crippen molar-refractivity contribution in [2.24, 2.45) is 5.92 Å². The van der Waals surface area contributed by atoms with Gasteiger partial charge in [-0.1, -0.05) is 18.5 Å². The lowest BCUT2D eigenvalue weighted by molar-refractivity contribution is 0.0896. The highest BCUT2D eigenvalue weighted by molar-refractivity contribution is 8.13. The lowest BCUT2D eigenvalue weighted by Crippen LogP contribution is -2.43. The summed E-state index contributed by atoms with van der Waals surface area (Å²) in [6.07, 6.45) is 1.85. The summed E-state index contributed by atoms with van der Waals surface area (Å²) in [7, 11) is 1.38. The largest absolute Gasteiger partial charge is 0.349 e. The Morgan fingerprint density at radius 1 is 1.37 bits per heavy atom. The van der Waals surface area contributed by atoms with Crippen LogP contribution in [0, 0.1) is 5.92 Å². The van der Waals surface area contributed by atoms with Gasteiger partial charge in [0, 0.05) is 16.7 Å². The van der Waals surface area contributed by atoms with Crippen molar-refractivity contribution in [2.45, 2.75) is 30.7 Å². The highest BCUT2D eigenvalue weighted by Gasteiger charge is 2.27. The van der Waals surface area contributed by atoms with E-state index in [0.29, 0.717) is 5.92 Å². The van der Waals surface area contributed by atoms with Crippen LogP contribution >= 0.6 is 22.3 Å². The van der Waals surface area contributed by atoms with Gasteiger partial charge in [0.1, 0.15) is 0 Å². The number of carbonyl (C=O) groups is 1. The maximum Gasteiger partial charge on any atom is 0.261 e. The maximum atomic E-state index is 12.0. The minimum absolute atomic E-state index is 0.128. The summed E-state index contributed by atoms with van der Waals surface area (Å²) in [4.78, 5) is 11.9. The van der Waals surface area contributed by atoms with Crippen molar-refractivity contribution in [2.75, 3.05) is 0 Å². The molecule has 0 saturated heterocycles. The predicted octanol–water partition coefficient (Wildman–Crippen LogP) is 2.80. The van der Waals surface area contributed by atoms with E-state index in [4.69, 9.17) is 22.3 Å². The molecule has 0 unspecified atom stereocenters. The SMILES string of the molecule is CC1CC(NC(=O)c2cc(S(=O)(=O)Cl)ccc2Cl)C1. The van der Waals surface area contributed by atoms with Crippen molar-refractivity contribution in [3.63, 3.8) is 0 Å². The smallest absolute Gasteiger partial charge is 0.261 e. The first-order valence-corrected chi connectivity index (χ1v) is 8.51. The Morgan fingerprint density at radius 3 is 2.53 bits per heavy atom. The predicted molar refractivity (Wildman–Crippen MR) is 74.1 cm³/mol. The van der Waals surface area contributed by atoms with E-state index in [0.717, 1.165) is 12.8 Å². The van der Waals surface area contributed by atoms with Crippen LogP contribution in [0.25, 0.3) is 0 Å². The van der Waals surface area contributed by atoms with Crippen molar-refractivity contribution in [1.29, 1.82) is 0 Å². The first-order valence-electron chi connectivity index (χ1n) is 5.82. The lowest BCUT2D eigenvalue weighted by atomic mass is 9.82. The number of hydrogen-bond donors (Lipinski definition) is 1. The number of hydrogen-bond acceptors (Lipinski definition) is 3. The van der Waals surface area contributed by atoms with Gasteiger partial charge in [-0.3, -0.25) is 4.79 Å². The van der Waals surface area contributed by atoms with E-state index >= 15 is 0 Å². The van der Waals surface area contributed by atoms with Crippen molar-refractivity contribution < 1.29 is 13.2 Å². The Morgan fingerprint density at radius 2 is 2.00 bits per heavy atom. The molecule has 19 heavy (non-hydrogen) atoms. The van der Waals surface area contributed by atoms with E-state index in [1.165, 1.54) is 18.2 Å². The van der Waals surface area contributed by atoms with E-state index in [2.05, 4.69) is 12.2 Å². The van der Waals surface area contributed by atoms with Gasteiger partial charge < -0.3 is 5.32 Å². The molecule has 0 heterocycles. The summed E-state index contributed by atoms with van der Waals surface area (Å²) in [5, 5.41) is 3.02. The van der Waals surface area contributed by atoms with Crippen molar-refractivity contribution >= 4 is 37.2 Å². The minimum atomic E-state index is -3.87. The molecule has 7 heteroatoms. The van der Waals surface area contributed by atoms with Crippen LogP contribution in [0.15, 0.2) is 23.1 Å². The van der Waals surface area contributed by atoms with Crippen molar-refractivity contribution in [3.05, 3.63) is 28.8 Å². The zero-order valence-corrected chi connectivity index (χ0v) is 12.5. The third kappa shape index (κ3) is 3.41. The molecule has 1 aliphatic rings. The molecule has 0 bridgehead atoms. The van der Waals surface area contributed by atoms with Gasteiger partial charge in [-0.05, 0) is 37.0 Å². The highest BCUT2D eigenvalue weighted by Crippen LogP contribution is 2.28. The second-order valence-corrected chi connectivity index (χ2v) is 7.80. The molecule has 1 N–H and O–H groups in total. The Hall–Kier alpha value is -0.780. The molecule has 4 nitrogen and oxygen atoms in total. The normalized spacial score (nSPS) is 22.7. The molecule has 0 aromatic heterocycles. The van der Waals surface area contributed by atoms with Gasteiger partial charge in [0.15, 0.2) is 0 Å². The molecule has 104 valence electrons. The highest BCUT2D eigenvalue weighted by atomic mass is 35.7. The third-order valence-corrected chi connectivity index (χ3v) is 4.85. The van der Waals surface area contributed by atoms with E-state index in [-0.39, 0.29) is 27.4 Å². The van der Waals surface area contributed by atoms with Crippen LogP contribution in [0.4, 0.5) is 0 Å². The van der Waals surface area contributed by atoms with E-state index in [1.807, 2.05) is 0 Å². The fourth-order valence-corrected chi connectivity index (χ4v) is 3.09. The van der Waals surface area contributed by atoms with Gasteiger partial charge in [-0.2, -0.15) is 0 Å². The topological polar surface area (TPSA) is 63.2 Å².